The summed E-state index contributed by atoms with van der Waals surface area (Å²) in [5.74, 6) is 0. The fourth-order valence-electron chi connectivity index (χ4n) is 3.26. The van der Waals surface area contributed by atoms with Crippen LogP contribution in [0.5, 0.6) is 0 Å². The summed E-state index contributed by atoms with van der Waals surface area (Å²) in [7, 11) is 4.02. The second-order valence-electron chi connectivity index (χ2n) is 7.10. The van der Waals surface area contributed by atoms with Crippen molar-refractivity contribution in [1.82, 2.24) is 4.98 Å². The van der Waals surface area contributed by atoms with Gasteiger partial charge in [0.05, 0.1) is 10.7 Å². The molecular formula is C24H21ClN4S. The van der Waals surface area contributed by atoms with Gasteiger partial charge in [0.1, 0.15) is 0 Å². The first kappa shape index (κ1) is 20.1. The lowest BCUT2D eigenvalue weighted by Gasteiger charge is -2.15. The van der Waals surface area contributed by atoms with Crippen LogP contribution in [-0.4, -0.2) is 24.2 Å². The summed E-state index contributed by atoms with van der Waals surface area (Å²) in [4.78, 5) is 6.64. The van der Waals surface area contributed by atoms with Crippen molar-refractivity contribution in [2.24, 2.45) is 0 Å². The second-order valence-corrected chi connectivity index (χ2v) is 7.91. The summed E-state index contributed by atoms with van der Waals surface area (Å²) in [5, 5.41) is 9.77. The molecule has 0 aliphatic heterocycles. The first-order chi connectivity index (χ1) is 14.5. The molecule has 2 N–H and O–H groups in total. The van der Waals surface area contributed by atoms with Crippen LogP contribution in [0.3, 0.4) is 0 Å². The third kappa shape index (κ3) is 4.37. The van der Waals surface area contributed by atoms with Crippen molar-refractivity contribution in [3.8, 4) is 11.3 Å². The highest BCUT2D eigenvalue weighted by Gasteiger charge is 2.11. The summed E-state index contributed by atoms with van der Waals surface area (Å²) < 4.78 is 0. The van der Waals surface area contributed by atoms with Crippen LogP contribution in [0.15, 0.2) is 79.0 Å². The van der Waals surface area contributed by atoms with Crippen LogP contribution in [0.4, 0.5) is 17.1 Å². The Kier molecular flexibility index (Phi) is 5.84. The molecule has 4 aromatic rings. The van der Waals surface area contributed by atoms with E-state index in [1.807, 2.05) is 74.8 Å². The first-order valence-electron chi connectivity index (χ1n) is 9.50. The summed E-state index contributed by atoms with van der Waals surface area (Å²) >= 11 is 12.0. The molecule has 0 amide bonds. The molecule has 0 fully saturated rings. The van der Waals surface area contributed by atoms with Gasteiger partial charge in [-0.05, 0) is 66.1 Å². The van der Waals surface area contributed by atoms with Gasteiger partial charge in [-0.15, -0.1) is 0 Å². The molecule has 3 aromatic carbocycles. The molecule has 1 aromatic heterocycles. The van der Waals surface area contributed by atoms with E-state index in [2.05, 4.69) is 32.7 Å². The summed E-state index contributed by atoms with van der Waals surface area (Å²) in [5.41, 5.74) is 4.59. The predicted octanol–water partition coefficient (Wildman–Crippen LogP) is 6.43. The van der Waals surface area contributed by atoms with Gasteiger partial charge in [-0.3, -0.25) is 4.98 Å². The Morgan fingerprint density at radius 2 is 1.60 bits per heavy atom. The highest BCUT2D eigenvalue weighted by molar-refractivity contribution is 7.80. The van der Waals surface area contributed by atoms with Crippen molar-refractivity contribution >= 4 is 56.8 Å². The quantitative estimate of drug-likeness (QED) is 0.363. The molecule has 4 rings (SSSR count). The molecule has 6 heteroatoms. The highest BCUT2D eigenvalue weighted by atomic mass is 35.5. The molecule has 0 aliphatic carbocycles. The highest BCUT2D eigenvalue weighted by Crippen LogP contribution is 2.33. The van der Waals surface area contributed by atoms with E-state index in [0.29, 0.717) is 10.1 Å². The van der Waals surface area contributed by atoms with Crippen LogP contribution in [0, 0.1) is 0 Å². The third-order valence-electron chi connectivity index (χ3n) is 4.79. The fourth-order valence-corrected chi connectivity index (χ4v) is 3.70. The number of benzene rings is 3. The maximum Gasteiger partial charge on any atom is 0.175 e. The molecule has 30 heavy (non-hydrogen) atoms. The number of halogens is 1. The zero-order valence-corrected chi connectivity index (χ0v) is 18.3. The number of pyridine rings is 1. The minimum Gasteiger partial charge on any atom is -0.378 e. The van der Waals surface area contributed by atoms with Crippen molar-refractivity contribution < 1.29 is 0 Å². The Bertz CT molecular complexity index is 1200. The van der Waals surface area contributed by atoms with E-state index in [9.17, 15) is 0 Å². The molecule has 0 unspecified atom stereocenters. The predicted molar refractivity (Wildman–Crippen MR) is 133 cm³/mol. The fraction of sp³-hybridized carbons (Fsp3) is 0.0833. The van der Waals surface area contributed by atoms with Crippen LogP contribution < -0.4 is 15.5 Å². The number of nitrogens with one attached hydrogen (secondary N) is 2. The molecule has 0 saturated heterocycles. The van der Waals surface area contributed by atoms with Gasteiger partial charge < -0.3 is 15.5 Å². The number of aromatic nitrogens is 1. The SMILES string of the molecule is CN(C)c1ccc(NC(=S)Nc2ccc(Cl)c(-c3nccc4ccccc34)c2)cc1. The second kappa shape index (κ2) is 8.69. The van der Waals surface area contributed by atoms with E-state index in [1.165, 1.54) is 0 Å². The van der Waals surface area contributed by atoms with Crippen molar-refractivity contribution in [2.45, 2.75) is 0 Å². The van der Waals surface area contributed by atoms with Crippen LogP contribution in [-0.2, 0) is 0 Å². The average Bonchev–Trinajstić information content (AvgIpc) is 2.75. The molecule has 4 nitrogen and oxygen atoms in total. The van der Waals surface area contributed by atoms with E-state index in [-0.39, 0.29) is 0 Å². The number of rotatable bonds is 4. The minimum absolute atomic E-state index is 0.506. The zero-order chi connectivity index (χ0) is 21.1. The maximum absolute atomic E-state index is 6.52. The zero-order valence-electron chi connectivity index (χ0n) is 16.7. The topological polar surface area (TPSA) is 40.2 Å². The van der Waals surface area contributed by atoms with E-state index >= 15 is 0 Å². The van der Waals surface area contributed by atoms with Gasteiger partial charge in [-0.1, -0.05) is 35.9 Å². The van der Waals surface area contributed by atoms with Gasteiger partial charge in [-0.25, -0.2) is 0 Å². The lowest BCUT2D eigenvalue weighted by atomic mass is 10.0. The molecular weight excluding hydrogens is 412 g/mol. The van der Waals surface area contributed by atoms with Crippen LogP contribution in [0.25, 0.3) is 22.0 Å². The van der Waals surface area contributed by atoms with E-state index in [1.54, 1.807) is 6.20 Å². The largest absolute Gasteiger partial charge is 0.378 e. The lowest BCUT2D eigenvalue weighted by Crippen LogP contribution is -2.19. The monoisotopic (exact) mass is 432 g/mol. The number of hydrogen-bond acceptors (Lipinski definition) is 3. The molecule has 0 aliphatic rings. The van der Waals surface area contributed by atoms with E-state index in [4.69, 9.17) is 23.8 Å². The van der Waals surface area contributed by atoms with Crippen LogP contribution in [0.2, 0.25) is 5.02 Å². The Morgan fingerprint density at radius 3 is 2.37 bits per heavy atom. The van der Waals surface area contributed by atoms with Crippen molar-refractivity contribution in [1.29, 1.82) is 0 Å². The van der Waals surface area contributed by atoms with Gasteiger partial charge >= 0.3 is 0 Å². The van der Waals surface area contributed by atoms with E-state index in [0.717, 1.165) is 39.1 Å². The number of nitrogens with zero attached hydrogens (tertiary/aromatic N) is 2. The number of fused-ring (bicyclic) bond motifs is 1. The summed E-state index contributed by atoms with van der Waals surface area (Å²) in [6.07, 6.45) is 1.80. The van der Waals surface area contributed by atoms with E-state index < -0.39 is 0 Å². The Balaban J connectivity index is 1.56. The normalized spacial score (nSPS) is 10.6. The van der Waals surface area contributed by atoms with Crippen LogP contribution in [0.1, 0.15) is 0 Å². The summed E-state index contributed by atoms with van der Waals surface area (Å²) in [6, 6.07) is 23.9. The van der Waals surface area contributed by atoms with Crippen LogP contribution >= 0.6 is 23.8 Å². The molecule has 0 radical (unpaired) electrons. The molecule has 0 bridgehead atoms. The number of thiocarbonyl (C=S) groups is 1. The lowest BCUT2D eigenvalue weighted by molar-refractivity contribution is 1.13. The van der Waals surface area contributed by atoms with Gasteiger partial charge in [0, 0.05) is 48.3 Å². The Morgan fingerprint density at radius 1 is 0.900 bits per heavy atom. The first-order valence-corrected chi connectivity index (χ1v) is 10.3. The van der Waals surface area contributed by atoms with Crippen molar-refractivity contribution in [3.05, 3.63) is 84.0 Å². The molecule has 0 saturated carbocycles. The standard InChI is InChI=1S/C24H21ClN4S/c1-29(2)19-10-7-17(8-11-19)27-24(30)28-18-9-12-22(25)21(15-18)23-20-6-4-3-5-16(20)13-14-26-23/h3-15H,1-2H3,(H2,27,28,30). The minimum atomic E-state index is 0.506. The van der Waals surface area contributed by atoms with Crippen molar-refractivity contribution in [3.63, 3.8) is 0 Å². The molecule has 1 heterocycles. The van der Waals surface area contributed by atoms with Gasteiger partial charge in [0.25, 0.3) is 0 Å². The molecule has 150 valence electrons. The Hall–Kier alpha value is -3.15. The molecule has 0 atom stereocenters. The van der Waals surface area contributed by atoms with Gasteiger partial charge in [0.15, 0.2) is 5.11 Å². The summed E-state index contributed by atoms with van der Waals surface area (Å²) in [6.45, 7) is 0. The average molecular weight is 433 g/mol. The van der Waals surface area contributed by atoms with Gasteiger partial charge in [-0.2, -0.15) is 0 Å². The molecule has 0 spiro atoms. The van der Waals surface area contributed by atoms with Crippen molar-refractivity contribution in [2.75, 3.05) is 29.6 Å². The smallest absolute Gasteiger partial charge is 0.175 e. The van der Waals surface area contributed by atoms with Gasteiger partial charge in [0.2, 0.25) is 0 Å². The Labute approximate surface area is 186 Å². The maximum atomic E-state index is 6.52. The third-order valence-corrected chi connectivity index (χ3v) is 5.33. The number of anilines is 3. The number of hydrogen-bond donors (Lipinski definition) is 2.